The van der Waals surface area contributed by atoms with E-state index in [1.54, 1.807) is 0 Å². The molecule has 6 heteroatoms. The van der Waals surface area contributed by atoms with Gasteiger partial charge in [-0.15, -0.1) is 0 Å². The highest BCUT2D eigenvalue weighted by molar-refractivity contribution is 7.89. The maximum Gasteiger partial charge on any atom is 0.246 e. The van der Waals surface area contributed by atoms with E-state index in [0.717, 1.165) is 6.42 Å². The monoisotopic (exact) mass is 276 g/mol. The summed E-state index contributed by atoms with van der Waals surface area (Å²) in [5, 5.41) is 0.210. The summed E-state index contributed by atoms with van der Waals surface area (Å²) in [4.78, 5) is 3.90. The zero-order chi connectivity index (χ0) is 13.1. The van der Waals surface area contributed by atoms with Crippen LogP contribution < -0.4 is 0 Å². The van der Waals surface area contributed by atoms with E-state index in [0.29, 0.717) is 6.54 Å². The first-order chi connectivity index (χ1) is 7.95. The minimum atomic E-state index is -3.55. The minimum Gasteiger partial charge on any atom is -0.263 e. The first kappa shape index (κ1) is 14.4. The van der Waals surface area contributed by atoms with Crippen molar-refractivity contribution in [1.82, 2.24) is 9.29 Å². The zero-order valence-corrected chi connectivity index (χ0v) is 11.8. The maximum atomic E-state index is 12.4. The van der Waals surface area contributed by atoms with E-state index in [2.05, 4.69) is 4.98 Å². The van der Waals surface area contributed by atoms with Crippen LogP contribution in [-0.2, 0) is 10.0 Å². The Kier molecular flexibility index (Phi) is 4.91. The van der Waals surface area contributed by atoms with E-state index in [-0.39, 0.29) is 16.0 Å². The summed E-state index contributed by atoms with van der Waals surface area (Å²) >= 11 is 5.91. The van der Waals surface area contributed by atoms with Crippen LogP contribution in [0, 0.1) is 0 Å². The van der Waals surface area contributed by atoms with Crippen LogP contribution in [0.4, 0.5) is 0 Å². The van der Waals surface area contributed by atoms with Crippen LogP contribution in [0.15, 0.2) is 23.4 Å². The van der Waals surface area contributed by atoms with Gasteiger partial charge < -0.3 is 0 Å². The second kappa shape index (κ2) is 5.80. The van der Waals surface area contributed by atoms with Gasteiger partial charge in [0.05, 0.1) is 5.02 Å². The molecule has 1 aromatic rings. The number of aromatic nitrogens is 1. The highest BCUT2D eigenvalue weighted by Gasteiger charge is 2.28. The quantitative estimate of drug-likeness (QED) is 0.830. The number of nitrogens with zero attached hydrogens (tertiary/aromatic N) is 2. The number of hydrogen-bond acceptors (Lipinski definition) is 3. The Labute approximate surface area is 108 Å². The molecule has 0 aliphatic rings. The standard InChI is InChI=1S/C11H17ClN2O2S/c1-4-9(3)14(5-2)17(15,16)11-8-13-7-6-10(11)12/h6-9H,4-5H2,1-3H3. The molecule has 1 atom stereocenters. The van der Waals surface area contributed by atoms with Crippen LogP contribution in [0.1, 0.15) is 27.2 Å². The molecule has 0 bridgehead atoms. The van der Waals surface area contributed by atoms with Gasteiger partial charge in [-0.05, 0) is 19.4 Å². The van der Waals surface area contributed by atoms with Gasteiger partial charge in [-0.25, -0.2) is 8.42 Å². The normalized spacial score (nSPS) is 13.9. The van der Waals surface area contributed by atoms with Crippen LogP contribution in [0.5, 0.6) is 0 Å². The molecular weight excluding hydrogens is 260 g/mol. The molecule has 0 saturated carbocycles. The molecule has 1 unspecified atom stereocenters. The fourth-order valence-corrected chi connectivity index (χ4v) is 3.72. The lowest BCUT2D eigenvalue weighted by Gasteiger charge is -2.26. The van der Waals surface area contributed by atoms with Gasteiger partial charge in [-0.2, -0.15) is 4.31 Å². The summed E-state index contributed by atoms with van der Waals surface area (Å²) in [7, 11) is -3.55. The maximum absolute atomic E-state index is 12.4. The molecule has 0 fully saturated rings. The van der Waals surface area contributed by atoms with Crippen LogP contribution in [0.2, 0.25) is 5.02 Å². The molecule has 0 aromatic carbocycles. The smallest absolute Gasteiger partial charge is 0.246 e. The van der Waals surface area contributed by atoms with Crippen molar-refractivity contribution in [3.63, 3.8) is 0 Å². The largest absolute Gasteiger partial charge is 0.263 e. The SMILES string of the molecule is CCC(C)N(CC)S(=O)(=O)c1cnccc1Cl. The highest BCUT2D eigenvalue weighted by Crippen LogP contribution is 2.25. The number of pyridine rings is 1. The van der Waals surface area contributed by atoms with Gasteiger partial charge in [0.2, 0.25) is 10.0 Å². The van der Waals surface area contributed by atoms with Gasteiger partial charge in [0, 0.05) is 25.0 Å². The first-order valence-corrected chi connectivity index (χ1v) is 7.38. The highest BCUT2D eigenvalue weighted by atomic mass is 35.5. The third kappa shape index (κ3) is 2.97. The fraction of sp³-hybridized carbons (Fsp3) is 0.545. The summed E-state index contributed by atoms with van der Waals surface area (Å²) in [6.07, 6.45) is 3.52. The molecule has 0 amide bonds. The molecule has 1 heterocycles. The van der Waals surface area contributed by atoms with Crippen molar-refractivity contribution >= 4 is 21.6 Å². The Morgan fingerprint density at radius 2 is 2.12 bits per heavy atom. The van der Waals surface area contributed by atoms with Gasteiger partial charge in [0.15, 0.2) is 0 Å². The van der Waals surface area contributed by atoms with E-state index >= 15 is 0 Å². The van der Waals surface area contributed by atoms with Crippen LogP contribution in [0.3, 0.4) is 0 Å². The van der Waals surface area contributed by atoms with Crippen molar-refractivity contribution < 1.29 is 8.42 Å². The molecule has 0 aliphatic carbocycles. The molecule has 4 nitrogen and oxygen atoms in total. The van der Waals surface area contributed by atoms with Crippen molar-refractivity contribution in [2.45, 2.75) is 38.1 Å². The summed E-state index contributed by atoms with van der Waals surface area (Å²) in [5.41, 5.74) is 0. The summed E-state index contributed by atoms with van der Waals surface area (Å²) < 4.78 is 26.2. The molecule has 0 aliphatic heterocycles. The summed E-state index contributed by atoms with van der Waals surface area (Å²) in [6, 6.07) is 1.43. The van der Waals surface area contributed by atoms with E-state index in [4.69, 9.17) is 11.6 Å². The summed E-state index contributed by atoms with van der Waals surface area (Å²) in [6.45, 7) is 6.07. The van der Waals surface area contributed by atoms with E-state index in [9.17, 15) is 8.42 Å². The molecule has 17 heavy (non-hydrogen) atoms. The average Bonchev–Trinajstić information content (AvgIpc) is 2.29. The lowest BCUT2D eigenvalue weighted by molar-refractivity contribution is 0.342. The Bertz CT molecular complexity index is 476. The van der Waals surface area contributed by atoms with Gasteiger partial charge in [-0.1, -0.05) is 25.4 Å². The third-order valence-electron chi connectivity index (χ3n) is 2.71. The van der Waals surface area contributed by atoms with Crippen LogP contribution in [-0.4, -0.2) is 30.3 Å². The van der Waals surface area contributed by atoms with Crippen LogP contribution in [0.25, 0.3) is 0 Å². The third-order valence-corrected chi connectivity index (χ3v) is 5.27. The van der Waals surface area contributed by atoms with Gasteiger partial charge >= 0.3 is 0 Å². The lowest BCUT2D eigenvalue weighted by atomic mass is 10.3. The van der Waals surface area contributed by atoms with Gasteiger partial charge in [0.25, 0.3) is 0 Å². The molecule has 0 radical (unpaired) electrons. The predicted octanol–water partition coefficient (Wildman–Crippen LogP) is 2.54. The van der Waals surface area contributed by atoms with Crippen molar-refractivity contribution in [2.24, 2.45) is 0 Å². The molecular formula is C11H17ClN2O2S. The fourth-order valence-electron chi connectivity index (χ4n) is 1.60. The molecule has 96 valence electrons. The second-order valence-corrected chi connectivity index (χ2v) is 6.04. The number of halogens is 1. The van der Waals surface area contributed by atoms with Gasteiger partial charge in [0.1, 0.15) is 4.90 Å². The molecule has 0 saturated heterocycles. The van der Waals surface area contributed by atoms with Crippen molar-refractivity contribution in [2.75, 3.05) is 6.54 Å². The average molecular weight is 277 g/mol. The number of sulfonamides is 1. The van der Waals surface area contributed by atoms with Crippen molar-refractivity contribution in [3.8, 4) is 0 Å². The lowest BCUT2D eigenvalue weighted by Crippen LogP contribution is -2.38. The van der Waals surface area contributed by atoms with E-state index < -0.39 is 10.0 Å². The molecule has 1 rings (SSSR count). The Balaban J connectivity index is 3.23. The Hall–Kier alpha value is -0.650. The number of hydrogen-bond donors (Lipinski definition) is 0. The molecule has 0 spiro atoms. The Morgan fingerprint density at radius 3 is 2.59 bits per heavy atom. The minimum absolute atomic E-state index is 0.0544. The Morgan fingerprint density at radius 1 is 1.47 bits per heavy atom. The number of rotatable bonds is 5. The topological polar surface area (TPSA) is 50.3 Å². The first-order valence-electron chi connectivity index (χ1n) is 5.56. The van der Waals surface area contributed by atoms with E-state index in [1.807, 2.05) is 20.8 Å². The zero-order valence-electron chi connectivity index (χ0n) is 10.2. The van der Waals surface area contributed by atoms with E-state index in [1.165, 1.54) is 22.8 Å². The molecule has 1 aromatic heterocycles. The predicted molar refractivity (Wildman–Crippen MR) is 68.6 cm³/mol. The van der Waals surface area contributed by atoms with Gasteiger partial charge in [-0.3, -0.25) is 4.98 Å². The van der Waals surface area contributed by atoms with Crippen LogP contribution >= 0.6 is 11.6 Å². The molecule has 0 N–H and O–H groups in total. The second-order valence-electron chi connectivity index (χ2n) is 3.77. The van der Waals surface area contributed by atoms with Crippen molar-refractivity contribution in [1.29, 1.82) is 0 Å². The summed E-state index contributed by atoms with van der Waals surface area (Å²) in [5.74, 6) is 0. The van der Waals surface area contributed by atoms with Crippen molar-refractivity contribution in [3.05, 3.63) is 23.5 Å².